The van der Waals surface area contributed by atoms with Crippen molar-refractivity contribution in [3.05, 3.63) is 70.3 Å². The number of benzene rings is 1. The summed E-state index contributed by atoms with van der Waals surface area (Å²) in [4.78, 5) is 22.3. The third-order valence-corrected chi connectivity index (χ3v) is 3.45. The molecule has 4 nitrogen and oxygen atoms in total. The molecule has 21 heavy (non-hydrogen) atoms. The molecule has 0 saturated carbocycles. The summed E-state index contributed by atoms with van der Waals surface area (Å²) in [6.07, 6.45) is 7.70. The molecular formula is C17H17NO3. The lowest BCUT2D eigenvalue weighted by Crippen LogP contribution is -2.00. The second kappa shape index (κ2) is 6.79. The molecule has 2 rings (SSSR count). The van der Waals surface area contributed by atoms with Crippen LogP contribution in [0.25, 0.3) is 5.57 Å². The van der Waals surface area contributed by atoms with Crippen LogP contribution in [-0.4, -0.2) is 10.7 Å². The Morgan fingerprint density at radius 3 is 2.71 bits per heavy atom. The van der Waals surface area contributed by atoms with E-state index in [-0.39, 0.29) is 16.4 Å². The number of nitrogens with zero attached hydrogens (tertiary/aromatic N) is 1. The Bertz CT molecular complexity index is 641. The Balaban J connectivity index is 2.45. The minimum Gasteiger partial charge on any atom is -0.299 e. The van der Waals surface area contributed by atoms with E-state index in [1.54, 1.807) is 30.4 Å². The Kier molecular flexibility index (Phi) is 4.82. The largest absolute Gasteiger partial charge is 0.299 e. The highest BCUT2D eigenvalue weighted by atomic mass is 16.6. The van der Waals surface area contributed by atoms with Gasteiger partial charge in [-0.15, -0.1) is 0 Å². The number of Topliss-reactive ketones (excluding diaryl/α,β-unsaturated/α-hetero) is 1. The molecule has 1 aromatic carbocycles. The number of carbonyl (C=O) groups is 1. The highest BCUT2D eigenvalue weighted by Crippen LogP contribution is 2.32. The Hall–Kier alpha value is -2.49. The van der Waals surface area contributed by atoms with Crippen LogP contribution in [0.4, 0.5) is 5.69 Å². The van der Waals surface area contributed by atoms with Crippen molar-refractivity contribution in [3.63, 3.8) is 0 Å². The van der Waals surface area contributed by atoms with E-state index >= 15 is 0 Å². The fourth-order valence-corrected chi connectivity index (χ4v) is 2.36. The highest BCUT2D eigenvalue weighted by Gasteiger charge is 2.18. The van der Waals surface area contributed by atoms with Crippen LogP contribution in [-0.2, 0) is 4.79 Å². The molecule has 4 heteroatoms. The number of hydrogen-bond acceptors (Lipinski definition) is 3. The van der Waals surface area contributed by atoms with Crippen LogP contribution in [0.15, 0.2) is 54.6 Å². The molecule has 0 aliphatic heterocycles. The van der Waals surface area contributed by atoms with Gasteiger partial charge in [0.2, 0.25) is 0 Å². The van der Waals surface area contributed by atoms with Crippen LogP contribution in [0.3, 0.4) is 0 Å². The molecule has 108 valence electrons. The van der Waals surface area contributed by atoms with Crippen molar-refractivity contribution in [1.82, 2.24) is 0 Å². The minimum atomic E-state index is -0.379. The number of allylic oxidation sites excluding steroid dienone is 5. The third kappa shape index (κ3) is 3.75. The molecule has 0 radical (unpaired) electrons. The molecule has 0 saturated heterocycles. The van der Waals surface area contributed by atoms with E-state index in [1.807, 2.05) is 6.08 Å². The van der Waals surface area contributed by atoms with Crippen molar-refractivity contribution in [2.75, 3.05) is 0 Å². The summed E-state index contributed by atoms with van der Waals surface area (Å²) in [6.45, 7) is 4.04. The van der Waals surface area contributed by atoms with Gasteiger partial charge in [0.1, 0.15) is 5.78 Å². The lowest BCUT2D eigenvalue weighted by atomic mass is 9.92. The molecule has 1 aliphatic carbocycles. The minimum absolute atomic E-state index is 0.0754. The van der Waals surface area contributed by atoms with Crippen molar-refractivity contribution >= 4 is 17.0 Å². The lowest BCUT2D eigenvalue weighted by Gasteiger charge is -2.12. The predicted octanol–water partition coefficient (Wildman–Crippen LogP) is 4.23. The SMILES string of the molecule is C=C1CCCC(=O)C/C=C\C=C/1c1ccccc1[N+](=O)[O-]. The van der Waals surface area contributed by atoms with Crippen LogP contribution in [0.5, 0.6) is 0 Å². The van der Waals surface area contributed by atoms with Crippen LogP contribution < -0.4 is 0 Å². The Labute approximate surface area is 123 Å². The van der Waals surface area contributed by atoms with Gasteiger partial charge in [-0.05, 0) is 30.1 Å². The number of carbonyl (C=O) groups excluding carboxylic acids is 1. The van der Waals surface area contributed by atoms with Gasteiger partial charge in [-0.3, -0.25) is 14.9 Å². The third-order valence-electron chi connectivity index (χ3n) is 3.45. The molecule has 0 N–H and O–H groups in total. The van der Waals surface area contributed by atoms with Gasteiger partial charge in [0.05, 0.1) is 10.5 Å². The maximum absolute atomic E-state index is 11.5. The van der Waals surface area contributed by atoms with Gasteiger partial charge in [-0.1, -0.05) is 36.9 Å². The molecule has 0 spiro atoms. The molecule has 0 atom stereocenters. The smallest absolute Gasteiger partial charge is 0.277 e. The summed E-state index contributed by atoms with van der Waals surface area (Å²) in [5.41, 5.74) is 2.24. The molecule has 0 heterocycles. The molecule has 0 fully saturated rings. The highest BCUT2D eigenvalue weighted by molar-refractivity contribution is 5.85. The summed E-state index contributed by atoms with van der Waals surface area (Å²) < 4.78 is 0. The second-order valence-electron chi connectivity index (χ2n) is 4.98. The van der Waals surface area contributed by atoms with E-state index in [1.165, 1.54) is 6.07 Å². The molecule has 0 unspecified atom stereocenters. The number of hydrogen-bond donors (Lipinski definition) is 0. The zero-order valence-corrected chi connectivity index (χ0v) is 11.7. The second-order valence-corrected chi connectivity index (χ2v) is 4.98. The first-order valence-corrected chi connectivity index (χ1v) is 6.90. The number of nitro groups is 1. The molecule has 1 aliphatic rings. The number of ketones is 1. The van der Waals surface area contributed by atoms with Crippen molar-refractivity contribution < 1.29 is 9.72 Å². The zero-order chi connectivity index (χ0) is 15.2. The molecule has 0 aromatic heterocycles. The first-order valence-electron chi connectivity index (χ1n) is 6.90. The van der Waals surface area contributed by atoms with Gasteiger partial charge in [0.15, 0.2) is 0 Å². The van der Waals surface area contributed by atoms with Crippen LogP contribution >= 0.6 is 0 Å². The number of para-hydroxylation sites is 1. The molecule has 1 aromatic rings. The van der Waals surface area contributed by atoms with Crippen molar-refractivity contribution in [1.29, 1.82) is 0 Å². The van der Waals surface area contributed by atoms with E-state index in [2.05, 4.69) is 6.58 Å². The predicted molar refractivity (Wildman–Crippen MR) is 82.8 cm³/mol. The molecule has 0 amide bonds. The van der Waals surface area contributed by atoms with E-state index in [0.717, 1.165) is 17.6 Å². The van der Waals surface area contributed by atoms with Crippen LogP contribution in [0.2, 0.25) is 0 Å². The van der Waals surface area contributed by atoms with Gasteiger partial charge in [0, 0.05) is 18.9 Å². The Morgan fingerprint density at radius 2 is 1.95 bits per heavy atom. The van der Waals surface area contributed by atoms with E-state index in [4.69, 9.17) is 0 Å². The fourth-order valence-electron chi connectivity index (χ4n) is 2.36. The quantitative estimate of drug-likeness (QED) is 0.602. The molecular weight excluding hydrogens is 266 g/mol. The Morgan fingerprint density at radius 1 is 1.19 bits per heavy atom. The maximum Gasteiger partial charge on any atom is 0.277 e. The van der Waals surface area contributed by atoms with Crippen LogP contribution in [0.1, 0.15) is 31.2 Å². The van der Waals surface area contributed by atoms with E-state index in [0.29, 0.717) is 24.8 Å². The standard InChI is InChI=1S/C17H17NO3/c1-13-7-6-9-14(19)8-2-3-10-15(13)16-11-4-5-12-17(16)18(20)21/h2-5,10-12H,1,6-9H2/b3-2-,15-10+. The summed E-state index contributed by atoms with van der Waals surface area (Å²) >= 11 is 0. The number of nitro benzene ring substituents is 1. The van der Waals surface area contributed by atoms with Crippen molar-refractivity contribution in [3.8, 4) is 0 Å². The normalized spacial score (nSPS) is 20.5. The van der Waals surface area contributed by atoms with Gasteiger partial charge in [-0.25, -0.2) is 0 Å². The molecule has 0 bridgehead atoms. The summed E-state index contributed by atoms with van der Waals surface area (Å²) in [7, 11) is 0. The van der Waals surface area contributed by atoms with Gasteiger partial charge in [0.25, 0.3) is 5.69 Å². The van der Waals surface area contributed by atoms with Gasteiger partial charge >= 0.3 is 0 Å². The summed E-state index contributed by atoms with van der Waals surface area (Å²) in [5, 5.41) is 11.2. The van der Waals surface area contributed by atoms with E-state index < -0.39 is 0 Å². The summed E-state index contributed by atoms with van der Waals surface area (Å²) in [6, 6.07) is 6.66. The topological polar surface area (TPSA) is 60.2 Å². The lowest BCUT2D eigenvalue weighted by molar-refractivity contribution is -0.385. The fraction of sp³-hybridized carbons (Fsp3) is 0.235. The zero-order valence-electron chi connectivity index (χ0n) is 11.7. The van der Waals surface area contributed by atoms with Crippen LogP contribution in [0, 0.1) is 10.1 Å². The van der Waals surface area contributed by atoms with Crippen molar-refractivity contribution in [2.24, 2.45) is 0 Å². The average Bonchev–Trinajstić information content (AvgIpc) is 2.47. The van der Waals surface area contributed by atoms with Gasteiger partial charge in [-0.2, -0.15) is 0 Å². The maximum atomic E-state index is 11.5. The van der Waals surface area contributed by atoms with E-state index in [9.17, 15) is 14.9 Å². The first kappa shape index (κ1) is 14.9. The monoisotopic (exact) mass is 283 g/mol. The average molecular weight is 283 g/mol. The van der Waals surface area contributed by atoms with Crippen molar-refractivity contribution in [2.45, 2.75) is 25.7 Å². The first-order chi connectivity index (χ1) is 10.1. The number of rotatable bonds is 2. The van der Waals surface area contributed by atoms with Gasteiger partial charge < -0.3 is 0 Å². The summed E-state index contributed by atoms with van der Waals surface area (Å²) in [5.74, 6) is 0.210.